The standard InChI is InChI=1S/C16H16N6O3S/c1-9(22-15(24)10-5-2-3-6-11(10)18-21-22)13(23)17-16-20-19-14(26-16)12-7-4-8-25-12/h2-3,5-6,9,12H,4,7-8H2,1H3,(H,17,20,23)/t9-,12+/m1/s1. The van der Waals surface area contributed by atoms with Gasteiger partial charge < -0.3 is 4.74 Å². The first-order valence-electron chi connectivity index (χ1n) is 8.23. The van der Waals surface area contributed by atoms with E-state index >= 15 is 0 Å². The van der Waals surface area contributed by atoms with Crippen LogP contribution in [-0.4, -0.2) is 37.7 Å². The summed E-state index contributed by atoms with van der Waals surface area (Å²) in [5.41, 5.74) is 0.127. The van der Waals surface area contributed by atoms with Gasteiger partial charge >= 0.3 is 0 Å². The number of anilines is 1. The summed E-state index contributed by atoms with van der Waals surface area (Å²) in [6, 6.07) is 6.04. The monoisotopic (exact) mass is 372 g/mol. The molecule has 0 aliphatic carbocycles. The number of hydrogen-bond acceptors (Lipinski definition) is 8. The van der Waals surface area contributed by atoms with E-state index in [1.54, 1.807) is 31.2 Å². The van der Waals surface area contributed by atoms with Crippen molar-refractivity contribution < 1.29 is 9.53 Å². The van der Waals surface area contributed by atoms with Gasteiger partial charge in [-0.2, -0.15) is 4.68 Å². The van der Waals surface area contributed by atoms with Crippen LogP contribution in [0, 0.1) is 0 Å². The largest absolute Gasteiger partial charge is 0.371 e. The molecule has 0 unspecified atom stereocenters. The Kier molecular flexibility index (Phi) is 4.43. The number of carbonyl (C=O) groups excluding carboxylic acids is 1. The van der Waals surface area contributed by atoms with Gasteiger partial charge in [-0.15, -0.1) is 15.3 Å². The molecule has 4 rings (SSSR count). The molecule has 2 aromatic heterocycles. The molecule has 0 bridgehead atoms. The normalized spacial score (nSPS) is 18.1. The fraction of sp³-hybridized carbons (Fsp3) is 0.375. The maximum absolute atomic E-state index is 12.5. The summed E-state index contributed by atoms with van der Waals surface area (Å²) < 4.78 is 6.63. The lowest BCUT2D eigenvalue weighted by Crippen LogP contribution is -2.34. The number of benzene rings is 1. The first kappa shape index (κ1) is 16.7. The van der Waals surface area contributed by atoms with Gasteiger partial charge in [0, 0.05) is 6.61 Å². The zero-order chi connectivity index (χ0) is 18.1. The highest BCUT2D eigenvalue weighted by molar-refractivity contribution is 7.15. The Labute approximate surface area is 152 Å². The van der Waals surface area contributed by atoms with Crippen molar-refractivity contribution in [2.75, 3.05) is 11.9 Å². The molecule has 1 saturated heterocycles. The van der Waals surface area contributed by atoms with Gasteiger partial charge in [-0.05, 0) is 31.9 Å². The maximum Gasteiger partial charge on any atom is 0.278 e. The van der Waals surface area contributed by atoms with Gasteiger partial charge in [-0.1, -0.05) is 28.7 Å². The van der Waals surface area contributed by atoms with E-state index in [-0.39, 0.29) is 11.7 Å². The van der Waals surface area contributed by atoms with Crippen molar-refractivity contribution in [3.63, 3.8) is 0 Å². The van der Waals surface area contributed by atoms with Crippen LogP contribution in [0.4, 0.5) is 5.13 Å². The zero-order valence-electron chi connectivity index (χ0n) is 14.0. The minimum absolute atomic E-state index is 0.0513. The lowest BCUT2D eigenvalue weighted by Gasteiger charge is -2.12. The van der Waals surface area contributed by atoms with Crippen LogP contribution in [0.15, 0.2) is 29.1 Å². The summed E-state index contributed by atoms with van der Waals surface area (Å²) >= 11 is 1.28. The highest BCUT2D eigenvalue weighted by atomic mass is 32.1. The third-order valence-corrected chi connectivity index (χ3v) is 5.14. The molecule has 3 heterocycles. The van der Waals surface area contributed by atoms with Gasteiger partial charge in [-0.25, -0.2) is 0 Å². The van der Waals surface area contributed by atoms with Gasteiger partial charge in [0.25, 0.3) is 11.5 Å². The molecule has 0 spiro atoms. The first-order chi connectivity index (χ1) is 12.6. The number of nitrogens with one attached hydrogen (secondary N) is 1. The van der Waals surface area contributed by atoms with Crippen LogP contribution in [0.3, 0.4) is 0 Å². The summed E-state index contributed by atoms with van der Waals surface area (Å²) in [6.45, 7) is 2.30. The molecular formula is C16H16N6O3S. The van der Waals surface area contributed by atoms with Crippen LogP contribution in [-0.2, 0) is 9.53 Å². The van der Waals surface area contributed by atoms with Crippen LogP contribution >= 0.6 is 11.3 Å². The molecule has 1 aromatic carbocycles. The Morgan fingerprint density at radius 1 is 1.35 bits per heavy atom. The van der Waals surface area contributed by atoms with Crippen molar-refractivity contribution >= 4 is 33.3 Å². The minimum atomic E-state index is -0.838. The molecule has 10 heteroatoms. The highest BCUT2D eigenvalue weighted by Gasteiger charge is 2.24. The van der Waals surface area contributed by atoms with Gasteiger partial charge in [0.15, 0.2) is 0 Å². The van der Waals surface area contributed by atoms with E-state index in [9.17, 15) is 9.59 Å². The highest BCUT2D eigenvalue weighted by Crippen LogP contribution is 2.32. The van der Waals surface area contributed by atoms with E-state index < -0.39 is 11.9 Å². The molecule has 1 aliphatic rings. The minimum Gasteiger partial charge on any atom is -0.371 e. The predicted molar refractivity (Wildman–Crippen MR) is 95.0 cm³/mol. The van der Waals surface area contributed by atoms with Crippen molar-refractivity contribution in [2.24, 2.45) is 0 Å². The predicted octanol–water partition coefficient (Wildman–Crippen LogP) is 1.69. The quantitative estimate of drug-likeness (QED) is 0.741. The molecule has 1 N–H and O–H groups in total. The van der Waals surface area contributed by atoms with E-state index in [0.29, 0.717) is 22.6 Å². The molecule has 1 aliphatic heterocycles. The second-order valence-corrected chi connectivity index (χ2v) is 6.98. The molecule has 3 aromatic rings. The molecule has 2 atom stereocenters. The number of carbonyl (C=O) groups is 1. The third-order valence-electron chi connectivity index (χ3n) is 4.21. The van der Waals surface area contributed by atoms with Crippen LogP contribution in [0.1, 0.15) is 36.9 Å². The van der Waals surface area contributed by atoms with Gasteiger partial charge in [0.1, 0.15) is 22.7 Å². The van der Waals surface area contributed by atoms with E-state index in [4.69, 9.17) is 4.74 Å². The van der Waals surface area contributed by atoms with Crippen molar-refractivity contribution in [1.82, 2.24) is 25.2 Å². The maximum atomic E-state index is 12.5. The number of aromatic nitrogens is 5. The second kappa shape index (κ2) is 6.89. The number of rotatable bonds is 4. The molecule has 26 heavy (non-hydrogen) atoms. The average molecular weight is 372 g/mol. The molecule has 9 nitrogen and oxygen atoms in total. The Bertz CT molecular complexity index is 1010. The smallest absolute Gasteiger partial charge is 0.278 e. The molecule has 1 fully saturated rings. The van der Waals surface area contributed by atoms with Crippen molar-refractivity contribution in [1.29, 1.82) is 0 Å². The Morgan fingerprint density at radius 2 is 2.19 bits per heavy atom. The van der Waals surface area contributed by atoms with Crippen LogP contribution in [0.2, 0.25) is 0 Å². The Morgan fingerprint density at radius 3 is 3.00 bits per heavy atom. The van der Waals surface area contributed by atoms with E-state index in [2.05, 4.69) is 25.8 Å². The summed E-state index contributed by atoms with van der Waals surface area (Å²) in [5, 5.41) is 20.1. The summed E-state index contributed by atoms with van der Waals surface area (Å²) in [6.07, 6.45) is 1.85. The Balaban J connectivity index is 1.53. The summed E-state index contributed by atoms with van der Waals surface area (Å²) in [4.78, 5) is 25.0. The SMILES string of the molecule is C[C@H](C(=O)Nc1nnc([C@@H]2CCCO2)s1)n1nnc2ccccc2c1=O. The van der Waals surface area contributed by atoms with Gasteiger partial charge in [0.05, 0.1) is 5.39 Å². The lowest BCUT2D eigenvalue weighted by atomic mass is 10.2. The van der Waals surface area contributed by atoms with Crippen molar-refractivity contribution in [3.05, 3.63) is 39.6 Å². The van der Waals surface area contributed by atoms with Gasteiger partial charge in [-0.3, -0.25) is 14.9 Å². The molecule has 1 amide bonds. The fourth-order valence-corrected chi connectivity index (χ4v) is 3.59. The zero-order valence-corrected chi connectivity index (χ0v) is 14.8. The number of amides is 1. The lowest BCUT2D eigenvalue weighted by molar-refractivity contribution is -0.119. The van der Waals surface area contributed by atoms with Crippen LogP contribution in [0.25, 0.3) is 10.9 Å². The number of nitrogens with zero attached hydrogens (tertiary/aromatic N) is 5. The van der Waals surface area contributed by atoms with Gasteiger partial charge in [0.2, 0.25) is 5.13 Å². The third kappa shape index (κ3) is 3.08. The summed E-state index contributed by atoms with van der Waals surface area (Å²) in [5.74, 6) is -0.410. The average Bonchev–Trinajstić information content (AvgIpc) is 3.33. The van der Waals surface area contributed by atoms with E-state index in [0.717, 1.165) is 22.5 Å². The summed E-state index contributed by atoms with van der Waals surface area (Å²) in [7, 11) is 0. The second-order valence-electron chi connectivity index (χ2n) is 5.97. The van der Waals surface area contributed by atoms with E-state index in [1.807, 2.05) is 0 Å². The number of ether oxygens (including phenoxy) is 1. The number of fused-ring (bicyclic) bond motifs is 1. The first-order valence-corrected chi connectivity index (χ1v) is 9.05. The molecule has 0 radical (unpaired) electrons. The van der Waals surface area contributed by atoms with Crippen molar-refractivity contribution in [2.45, 2.75) is 31.9 Å². The van der Waals surface area contributed by atoms with Crippen molar-refractivity contribution in [3.8, 4) is 0 Å². The molecule has 134 valence electrons. The van der Waals surface area contributed by atoms with Crippen LogP contribution in [0.5, 0.6) is 0 Å². The number of hydrogen-bond donors (Lipinski definition) is 1. The fourth-order valence-electron chi connectivity index (χ4n) is 2.76. The molecular weight excluding hydrogens is 356 g/mol. The topological polar surface area (TPSA) is 112 Å². The van der Waals surface area contributed by atoms with E-state index in [1.165, 1.54) is 11.3 Å². The Hall–Kier alpha value is -2.72. The molecule has 0 saturated carbocycles. The van der Waals surface area contributed by atoms with Crippen LogP contribution < -0.4 is 10.9 Å².